The zero-order valence-electron chi connectivity index (χ0n) is 9.37. The molecule has 4 heteroatoms. The molecule has 4 nitrogen and oxygen atoms in total. The van der Waals surface area contributed by atoms with Gasteiger partial charge in [-0.15, -0.1) is 0 Å². The highest BCUT2D eigenvalue weighted by molar-refractivity contribution is 4.95. The molecule has 1 fully saturated rings. The molecular weight excluding hydrogens is 178 g/mol. The molecule has 0 radical (unpaired) electrons. The number of nitrogens with zero attached hydrogens (tertiary/aromatic N) is 2. The van der Waals surface area contributed by atoms with Gasteiger partial charge in [0.1, 0.15) is 0 Å². The lowest BCUT2D eigenvalue weighted by molar-refractivity contribution is 0.147. The quantitative estimate of drug-likeness (QED) is 0.677. The van der Waals surface area contributed by atoms with Gasteiger partial charge < -0.3 is 15.7 Å². The van der Waals surface area contributed by atoms with Crippen molar-refractivity contribution in [3.63, 3.8) is 0 Å². The van der Waals surface area contributed by atoms with Crippen LogP contribution in [0.5, 0.6) is 0 Å². The Balaban J connectivity index is 0.000000791. The van der Waals surface area contributed by atoms with E-state index in [-0.39, 0.29) is 6.61 Å². The van der Waals surface area contributed by atoms with E-state index in [2.05, 4.69) is 16.4 Å². The third kappa shape index (κ3) is 4.09. The van der Waals surface area contributed by atoms with Crippen molar-refractivity contribution < 1.29 is 5.11 Å². The molecule has 3 N–H and O–H groups in total. The fourth-order valence-corrected chi connectivity index (χ4v) is 1.35. The predicted molar refractivity (Wildman–Crippen MR) is 59.8 cm³/mol. The second-order valence-corrected chi connectivity index (χ2v) is 3.01. The number of nitrogens with two attached hydrogens (primary N) is 1. The van der Waals surface area contributed by atoms with Gasteiger partial charge in [-0.25, -0.2) is 0 Å². The first-order chi connectivity index (χ1) is 6.77. The number of aliphatic hydroxyl groups is 1. The van der Waals surface area contributed by atoms with Crippen LogP contribution in [0.2, 0.25) is 0 Å². The van der Waals surface area contributed by atoms with Crippen LogP contribution in [-0.4, -0.2) is 54.4 Å². The number of aliphatic hydroxyl groups excluding tert-OH is 1. The van der Waals surface area contributed by atoms with E-state index in [0.717, 1.165) is 31.9 Å². The molecule has 0 aromatic rings. The van der Waals surface area contributed by atoms with Crippen molar-refractivity contribution in [1.29, 1.82) is 0 Å². The van der Waals surface area contributed by atoms with E-state index < -0.39 is 0 Å². The first-order valence-corrected chi connectivity index (χ1v) is 5.24. The van der Waals surface area contributed by atoms with Crippen molar-refractivity contribution >= 4 is 0 Å². The molecule has 1 rings (SSSR count). The maximum absolute atomic E-state index is 8.83. The molecule has 0 bridgehead atoms. The highest BCUT2D eigenvalue weighted by Gasteiger charge is 2.15. The van der Waals surface area contributed by atoms with Crippen molar-refractivity contribution in [2.45, 2.75) is 13.8 Å². The molecule has 0 aliphatic carbocycles. The maximum atomic E-state index is 8.83. The van der Waals surface area contributed by atoms with E-state index in [1.165, 1.54) is 0 Å². The van der Waals surface area contributed by atoms with Crippen LogP contribution in [0.1, 0.15) is 13.8 Å². The van der Waals surface area contributed by atoms with E-state index in [1.54, 1.807) is 0 Å². The summed E-state index contributed by atoms with van der Waals surface area (Å²) in [5.74, 6) is 0. The standard InChI is InChI=1S/C8H17N3O.C2H6/c1-8(6-12)11-4-2-10(7-9)3-5-11;1-2/h12H,1-7,9H2;1-2H3. The summed E-state index contributed by atoms with van der Waals surface area (Å²) in [4.78, 5) is 4.29. The summed E-state index contributed by atoms with van der Waals surface area (Å²) in [6.07, 6.45) is 0. The van der Waals surface area contributed by atoms with Crippen LogP contribution in [0, 0.1) is 0 Å². The van der Waals surface area contributed by atoms with Crippen LogP contribution in [0.15, 0.2) is 12.3 Å². The average molecular weight is 201 g/mol. The average Bonchev–Trinajstić information content (AvgIpc) is 2.31. The van der Waals surface area contributed by atoms with Crippen molar-refractivity contribution in [2.75, 3.05) is 39.5 Å². The molecule has 0 saturated carbocycles. The molecule has 0 unspecified atom stereocenters. The van der Waals surface area contributed by atoms with Gasteiger partial charge in [0.15, 0.2) is 0 Å². The SMILES string of the molecule is C=C(CO)N1CCN(CN)CC1.CC. The summed E-state index contributed by atoms with van der Waals surface area (Å²) < 4.78 is 0. The molecule has 1 aliphatic rings. The third-order valence-corrected chi connectivity index (χ3v) is 2.26. The summed E-state index contributed by atoms with van der Waals surface area (Å²) in [6, 6.07) is 0. The molecule has 1 heterocycles. The minimum absolute atomic E-state index is 0.0582. The zero-order chi connectivity index (χ0) is 11.0. The Morgan fingerprint density at radius 3 is 2.14 bits per heavy atom. The summed E-state index contributed by atoms with van der Waals surface area (Å²) in [7, 11) is 0. The van der Waals surface area contributed by atoms with E-state index in [9.17, 15) is 0 Å². The van der Waals surface area contributed by atoms with Gasteiger partial charge in [-0.1, -0.05) is 20.4 Å². The van der Waals surface area contributed by atoms with Crippen molar-refractivity contribution in [1.82, 2.24) is 9.80 Å². The fraction of sp³-hybridized carbons (Fsp3) is 0.800. The molecule has 0 aromatic carbocycles. The molecule has 1 saturated heterocycles. The molecule has 14 heavy (non-hydrogen) atoms. The number of rotatable bonds is 3. The van der Waals surface area contributed by atoms with E-state index >= 15 is 0 Å². The van der Waals surface area contributed by atoms with Gasteiger partial charge in [-0.3, -0.25) is 4.90 Å². The molecule has 1 aliphatic heterocycles. The fourth-order valence-electron chi connectivity index (χ4n) is 1.35. The van der Waals surface area contributed by atoms with Crippen LogP contribution in [0.25, 0.3) is 0 Å². The number of hydrogen-bond donors (Lipinski definition) is 2. The lowest BCUT2D eigenvalue weighted by Gasteiger charge is -2.35. The van der Waals surface area contributed by atoms with Crippen LogP contribution in [-0.2, 0) is 0 Å². The molecular formula is C10H23N3O. The summed E-state index contributed by atoms with van der Waals surface area (Å²) >= 11 is 0. The Hall–Kier alpha value is -0.580. The Kier molecular flexibility index (Phi) is 7.47. The Morgan fingerprint density at radius 2 is 1.79 bits per heavy atom. The minimum Gasteiger partial charge on any atom is -0.390 e. The Bertz CT molecular complexity index is 153. The molecule has 84 valence electrons. The van der Waals surface area contributed by atoms with E-state index in [4.69, 9.17) is 10.8 Å². The topological polar surface area (TPSA) is 52.7 Å². The smallest absolute Gasteiger partial charge is 0.0823 e. The van der Waals surface area contributed by atoms with Crippen molar-refractivity contribution in [3.05, 3.63) is 12.3 Å². The zero-order valence-corrected chi connectivity index (χ0v) is 9.37. The molecule has 0 spiro atoms. The van der Waals surface area contributed by atoms with Gasteiger partial charge in [0.2, 0.25) is 0 Å². The first kappa shape index (κ1) is 13.4. The first-order valence-electron chi connectivity index (χ1n) is 5.24. The summed E-state index contributed by atoms with van der Waals surface area (Å²) in [5, 5.41) is 8.83. The van der Waals surface area contributed by atoms with E-state index in [0.29, 0.717) is 6.67 Å². The highest BCUT2D eigenvalue weighted by atomic mass is 16.3. The van der Waals surface area contributed by atoms with Crippen LogP contribution >= 0.6 is 0 Å². The Labute approximate surface area is 87.0 Å². The van der Waals surface area contributed by atoms with Crippen LogP contribution < -0.4 is 5.73 Å². The second kappa shape index (κ2) is 7.79. The van der Waals surface area contributed by atoms with Gasteiger partial charge >= 0.3 is 0 Å². The van der Waals surface area contributed by atoms with Gasteiger partial charge in [-0.05, 0) is 0 Å². The van der Waals surface area contributed by atoms with E-state index in [1.807, 2.05) is 13.8 Å². The van der Waals surface area contributed by atoms with Gasteiger partial charge in [-0.2, -0.15) is 0 Å². The minimum atomic E-state index is 0.0582. The van der Waals surface area contributed by atoms with Gasteiger partial charge in [0.25, 0.3) is 0 Å². The summed E-state index contributed by atoms with van der Waals surface area (Å²) in [5.41, 5.74) is 6.30. The largest absolute Gasteiger partial charge is 0.390 e. The van der Waals surface area contributed by atoms with Crippen LogP contribution in [0.3, 0.4) is 0 Å². The number of piperazine rings is 1. The predicted octanol–water partition coefficient (Wildman–Crippen LogP) is 0.0524. The lowest BCUT2D eigenvalue weighted by atomic mass is 10.3. The Morgan fingerprint density at radius 1 is 1.29 bits per heavy atom. The van der Waals surface area contributed by atoms with Crippen molar-refractivity contribution in [3.8, 4) is 0 Å². The monoisotopic (exact) mass is 201 g/mol. The molecule has 0 atom stereocenters. The normalized spacial score (nSPS) is 17.3. The van der Waals surface area contributed by atoms with Crippen LogP contribution in [0.4, 0.5) is 0 Å². The highest BCUT2D eigenvalue weighted by Crippen LogP contribution is 2.05. The van der Waals surface area contributed by atoms with Gasteiger partial charge in [0, 0.05) is 38.5 Å². The number of hydrogen-bond acceptors (Lipinski definition) is 4. The second-order valence-electron chi connectivity index (χ2n) is 3.01. The maximum Gasteiger partial charge on any atom is 0.0823 e. The summed E-state index contributed by atoms with van der Waals surface area (Å²) in [6.45, 7) is 12.2. The molecule has 0 aromatic heterocycles. The lowest BCUT2D eigenvalue weighted by Crippen LogP contribution is -2.47. The third-order valence-electron chi connectivity index (χ3n) is 2.26. The molecule has 0 amide bonds. The van der Waals surface area contributed by atoms with Gasteiger partial charge in [0.05, 0.1) is 6.61 Å². The van der Waals surface area contributed by atoms with Crippen molar-refractivity contribution in [2.24, 2.45) is 5.73 Å².